The highest BCUT2D eigenvalue weighted by Gasteiger charge is 2.55. The minimum absolute atomic E-state index is 0.0458. The summed E-state index contributed by atoms with van der Waals surface area (Å²) < 4.78 is 5.27. The fourth-order valence-electron chi connectivity index (χ4n) is 2.99. The molecule has 1 aliphatic heterocycles. The molecule has 0 bridgehead atoms. The van der Waals surface area contributed by atoms with E-state index in [-0.39, 0.29) is 23.7 Å². The topological polar surface area (TPSA) is 70.6 Å². The fraction of sp³-hybridized carbons (Fsp3) is 0.923. The zero-order chi connectivity index (χ0) is 13.4. The summed E-state index contributed by atoms with van der Waals surface area (Å²) in [5.74, 6) is 0. The van der Waals surface area contributed by atoms with Crippen LogP contribution in [-0.2, 0) is 4.74 Å². The largest absolute Gasteiger partial charge is 0.444 e. The fourth-order valence-corrected chi connectivity index (χ4v) is 2.99. The van der Waals surface area contributed by atoms with Gasteiger partial charge in [-0.05, 0) is 53.1 Å². The van der Waals surface area contributed by atoms with Crippen LogP contribution in [0.15, 0.2) is 0 Å². The Morgan fingerprint density at radius 3 is 2.50 bits per heavy atom. The number of rotatable bonds is 1. The summed E-state index contributed by atoms with van der Waals surface area (Å²) in [5.41, 5.74) is -0.615. The van der Waals surface area contributed by atoms with Crippen molar-refractivity contribution < 1.29 is 14.6 Å². The van der Waals surface area contributed by atoms with Gasteiger partial charge in [-0.1, -0.05) is 0 Å². The van der Waals surface area contributed by atoms with E-state index in [1.54, 1.807) is 0 Å². The molecule has 3 N–H and O–H groups in total. The van der Waals surface area contributed by atoms with Gasteiger partial charge in [0.05, 0.1) is 6.10 Å². The van der Waals surface area contributed by atoms with Gasteiger partial charge in [-0.3, -0.25) is 0 Å². The molecule has 1 amide bonds. The summed E-state index contributed by atoms with van der Waals surface area (Å²) in [6.45, 7) is 7.36. The van der Waals surface area contributed by atoms with Crippen molar-refractivity contribution in [2.24, 2.45) is 5.41 Å². The lowest BCUT2D eigenvalue weighted by molar-refractivity contribution is -0.113. The smallest absolute Gasteiger partial charge is 0.407 e. The quantitative estimate of drug-likeness (QED) is 0.655. The van der Waals surface area contributed by atoms with Gasteiger partial charge >= 0.3 is 6.09 Å². The maximum Gasteiger partial charge on any atom is 0.407 e. The van der Waals surface area contributed by atoms with Gasteiger partial charge in [-0.15, -0.1) is 0 Å². The maximum absolute atomic E-state index is 11.8. The Hall–Kier alpha value is -0.810. The van der Waals surface area contributed by atoms with Gasteiger partial charge in [0.2, 0.25) is 0 Å². The first-order valence-corrected chi connectivity index (χ1v) is 6.72. The van der Waals surface area contributed by atoms with E-state index in [4.69, 9.17) is 4.74 Å². The lowest BCUT2D eigenvalue weighted by atomic mass is 9.57. The van der Waals surface area contributed by atoms with Crippen LogP contribution in [-0.4, -0.2) is 42.0 Å². The Balaban J connectivity index is 1.92. The Kier molecular flexibility index (Phi) is 3.56. The third-order valence-electron chi connectivity index (χ3n) is 4.04. The number of hydrogen-bond acceptors (Lipinski definition) is 4. The summed E-state index contributed by atoms with van der Waals surface area (Å²) in [6, 6.07) is 0.0458. The molecule has 2 unspecified atom stereocenters. The number of nitrogens with one attached hydrogen (secondary N) is 2. The van der Waals surface area contributed by atoms with E-state index < -0.39 is 5.60 Å². The second-order valence-electron chi connectivity index (χ2n) is 6.43. The average molecular weight is 256 g/mol. The molecule has 0 radical (unpaired) electrons. The van der Waals surface area contributed by atoms with Crippen LogP contribution in [0.3, 0.4) is 0 Å². The van der Waals surface area contributed by atoms with Gasteiger partial charge in [0.15, 0.2) is 0 Å². The first-order chi connectivity index (χ1) is 8.33. The Morgan fingerprint density at radius 1 is 1.39 bits per heavy atom. The summed E-state index contributed by atoms with van der Waals surface area (Å²) in [5, 5.41) is 16.2. The molecule has 1 saturated carbocycles. The van der Waals surface area contributed by atoms with Crippen molar-refractivity contribution in [1.29, 1.82) is 0 Å². The van der Waals surface area contributed by atoms with Crippen molar-refractivity contribution in [2.45, 2.75) is 57.8 Å². The SMILES string of the molecule is CC(C)(C)OC(=O)NC1CC(O)C12CCNCC2. The predicted octanol–water partition coefficient (Wildman–Crippen LogP) is 1.01. The van der Waals surface area contributed by atoms with Crippen molar-refractivity contribution in [3.63, 3.8) is 0 Å². The molecular formula is C13H24N2O3. The zero-order valence-electron chi connectivity index (χ0n) is 11.5. The van der Waals surface area contributed by atoms with Crippen molar-refractivity contribution in [2.75, 3.05) is 13.1 Å². The normalized spacial score (nSPS) is 30.7. The van der Waals surface area contributed by atoms with Gasteiger partial charge in [-0.2, -0.15) is 0 Å². The standard InChI is InChI=1S/C13H24N2O3/c1-12(2,3)18-11(17)15-9-8-10(16)13(9)4-6-14-7-5-13/h9-10,14,16H,4-8H2,1-3H3,(H,15,17). The molecule has 1 spiro atoms. The van der Waals surface area contributed by atoms with Crippen molar-refractivity contribution >= 4 is 6.09 Å². The molecule has 0 aromatic heterocycles. The van der Waals surface area contributed by atoms with Crippen LogP contribution < -0.4 is 10.6 Å². The predicted molar refractivity (Wildman–Crippen MR) is 68.3 cm³/mol. The Morgan fingerprint density at radius 2 is 2.00 bits per heavy atom. The minimum Gasteiger partial charge on any atom is -0.444 e. The highest BCUT2D eigenvalue weighted by atomic mass is 16.6. The lowest BCUT2D eigenvalue weighted by Crippen LogP contribution is -2.67. The van der Waals surface area contributed by atoms with Crippen LogP contribution in [0.5, 0.6) is 0 Å². The van der Waals surface area contributed by atoms with Gasteiger partial charge < -0.3 is 20.5 Å². The van der Waals surface area contributed by atoms with Crippen LogP contribution >= 0.6 is 0 Å². The summed E-state index contributed by atoms with van der Waals surface area (Å²) in [4.78, 5) is 11.8. The third-order valence-corrected chi connectivity index (χ3v) is 4.04. The van der Waals surface area contributed by atoms with Crippen LogP contribution in [0.4, 0.5) is 4.79 Å². The molecule has 1 saturated heterocycles. The summed E-state index contributed by atoms with van der Waals surface area (Å²) in [7, 11) is 0. The molecule has 0 aromatic carbocycles. The molecule has 5 nitrogen and oxygen atoms in total. The van der Waals surface area contributed by atoms with E-state index in [0.29, 0.717) is 6.42 Å². The van der Waals surface area contributed by atoms with Crippen LogP contribution in [0.1, 0.15) is 40.0 Å². The maximum atomic E-state index is 11.8. The highest BCUT2D eigenvalue weighted by molar-refractivity contribution is 5.68. The number of amides is 1. The van der Waals surface area contributed by atoms with Crippen molar-refractivity contribution in [3.05, 3.63) is 0 Å². The van der Waals surface area contributed by atoms with E-state index in [0.717, 1.165) is 25.9 Å². The first kappa shape index (κ1) is 13.6. The Labute approximate surface area is 108 Å². The number of aliphatic hydroxyl groups excluding tert-OH is 1. The monoisotopic (exact) mass is 256 g/mol. The molecule has 18 heavy (non-hydrogen) atoms. The van der Waals surface area contributed by atoms with E-state index in [2.05, 4.69) is 10.6 Å². The molecule has 2 rings (SSSR count). The molecule has 0 aromatic rings. The number of carbonyl (C=O) groups excluding carboxylic acids is 1. The molecule has 1 aliphatic carbocycles. The van der Waals surface area contributed by atoms with Gasteiger partial charge in [-0.25, -0.2) is 4.79 Å². The van der Waals surface area contributed by atoms with Gasteiger partial charge in [0, 0.05) is 11.5 Å². The first-order valence-electron chi connectivity index (χ1n) is 6.72. The van der Waals surface area contributed by atoms with Gasteiger partial charge in [0.25, 0.3) is 0 Å². The number of carbonyl (C=O) groups is 1. The molecule has 5 heteroatoms. The van der Waals surface area contributed by atoms with Gasteiger partial charge in [0.1, 0.15) is 5.60 Å². The molecule has 2 atom stereocenters. The van der Waals surface area contributed by atoms with Crippen molar-refractivity contribution in [1.82, 2.24) is 10.6 Å². The lowest BCUT2D eigenvalue weighted by Gasteiger charge is -2.55. The molecule has 1 heterocycles. The molecule has 2 aliphatic rings. The number of ether oxygens (including phenoxy) is 1. The summed E-state index contributed by atoms with van der Waals surface area (Å²) >= 11 is 0. The molecular weight excluding hydrogens is 232 g/mol. The van der Waals surface area contributed by atoms with E-state index in [1.807, 2.05) is 20.8 Å². The van der Waals surface area contributed by atoms with E-state index in [1.165, 1.54) is 0 Å². The van der Waals surface area contributed by atoms with Crippen molar-refractivity contribution in [3.8, 4) is 0 Å². The second-order valence-corrected chi connectivity index (χ2v) is 6.43. The van der Waals surface area contributed by atoms with E-state index >= 15 is 0 Å². The van der Waals surface area contributed by atoms with Crippen LogP contribution in [0.25, 0.3) is 0 Å². The zero-order valence-corrected chi connectivity index (χ0v) is 11.5. The molecule has 2 fully saturated rings. The Bertz CT molecular complexity index is 319. The number of alkyl carbamates (subject to hydrolysis) is 1. The number of aliphatic hydroxyl groups is 1. The minimum atomic E-state index is -0.478. The van der Waals surface area contributed by atoms with E-state index in [9.17, 15) is 9.90 Å². The second kappa shape index (κ2) is 4.70. The average Bonchev–Trinajstić information content (AvgIpc) is 2.27. The van der Waals surface area contributed by atoms with Crippen LogP contribution in [0.2, 0.25) is 0 Å². The van der Waals surface area contributed by atoms with Crippen LogP contribution in [0, 0.1) is 5.41 Å². The number of hydrogen-bond donors (Lipinski definition) is 3. The number of piperidine rings is 1. The summed E-state index contributed by atoms with van der Waals surface area (Å²) in [6.07, 6.45) is 1.79. The highest BCUT2D eigenvalue weighted by Crippen LogP contribution is 2.48. The third kappa shape index (κ3) is 2.62. The molecule has 104 valence electrons.